The van der Waals surface area contributed by atoms with Gasteiger partial charge in [0.2, 0.25) is 0 Å². The largest absolute Gasteiger partial charge is 0.248 e. The summed E-state index contributed by atoms with van der Waals surface area (Å²) < 4.78 is 0. The minimum absolute atomic E-state index is 1.11. The molecule has 0 atom stereocenters. The molecule has 0 radical (unpaired) electrons. The Kier molecular flexibility index (Phi) is 6.58. The second kappa shape index (κ2) is 10.5. The van der Waals surface area contributed by atoms with Crippen LogP contribution in [0.4, 0.5) is 0 Å². The molecule has 0 spiro atoms. The van der Waals surface area contributed by atoms with Gasteiger partial charge >= 0.3 is 0 Å². The monoisotopic (exact) mass is 468 g/mol. The van der Waals surface area contributed by atoms with Crippen LogP contribution in [0.2, 0.25) is 0 Å². The summed E-state index contributed by atoms with van der Waals surface area (Å²) in [5, 5.41) is 5.25. The highest BCUT2D eigenvalue weighted by atomic mass is 14.7. The van der Waals surface area contributed by atoms with Crippen LogP contribution in [0.3, 0.4) is 0 Å². The van der Waals surface area contributed by atoms with E-state index in [9.17, 15) is 0 Å². The van der Waals surface area contributed by atoms with Crippen molar-refractivity contribution in [2.45, 2.75) is 51.4 Å². The first-order valence-electron chi connectivity index (χ1n) is 13.4. The number of benzene rings is 4. The van der Waals surface area contributed by atoms with Gasteiger partial charge in [-0.3, -0.25) is 0 Å². The maximum Gasteiger partial charge on any atom is 0.0712 e. The zero-order chi connectivity index (χ0) is 24.2. The molecule has 0 amide bonds. The Hall–Kier alpha value is -3.78. The lowest BCUT2D eigenvalue weighted by atomic mass is 9.96. The average Bonchev–Trinajstić information content (AvgIpc) is 2.93. The molecule has 0 bridgehead atoms. The van der Waals surface area contributed by atoms with Gasteiger partial charge in [-0.25, -0.2) is 9.97 Å². The first-order valence-corrected chi connectivity index (χ1v) is 13.4. The van der Waals surface area contributed by atoms with E-state index in [2.05, 4.69) is 97.1 Å². The molecule has 2 heterocycles. The Morgan fingerprint density at radius 1 is 0.333 bits per heavy atom. The van der Waals surface area contributed by atoms with E-state index in [0.717, 1.165) is 34.9 Å². The average molecular weight is 469 g/mol. The number of hydrogen-bond donors (Lipinski definition) is 0. The second-order valence-electron chi connectivity index (χ2n) is 9.87. The van der Waals surface area contributed by atoms with Crippen molar-refractivity contribution in [3.8, 4) is 0 Å². The lowest BCUT2D eigenvalue weighted by Gasteiger charge is -2.11. The lowest BCUT2D eigenvalue weighted by molar-refractivity contribution is 0.596. The van der Waals surface area contributed by atoms with E-state index in [1.807, 2.05) is 0 Å². The van der Waals surface area contributed by atoms with Crippen molar-refractivity contribution in [2.75, 3.05) is 0 Å². The molecule has 0 aliphatic rings. The molecule has 0 saturated heterocycles. The Balaban J connectivity index is 1.05. The first-order chi connectivity index (χ1) is 17.9. The molecular formula is C34H32N2. The SMILES string of the molecule is c1ccc2c(CCCCCCCCc3c4ccccc4nc4ccccc34)c3ccccc3nc2c1. The number of fused-ring (bicyclic) bond motifs is 4. The van der Waals surface area contributed by atoms with Crippen LogP contribution in [-0.4, -0.2) is 9.97 Å². The van der Waals surface area contributed by atoms with Crippen molar-refractivity contribution < 1.29 is 0 Å². The molecule has 4 aromatic carbocycles. The van der Waals surface area contributed by atoms with Gasteiger partial charge in [0.1, 0.15) is 0 Å². The predicted octanol–water partition coefficient (Wildman–Crippen LogP) is 9.22. The molecule has 0 N–H and O–H groups in total. The third kappa shape index (κ3) is 4.56. The van der Waals surface area contributed by atoms with Crippen molar-refractivity contribution >= 4 is 43.6 Å². The summed E-state index contributed by atoms with van der Waals surface area (Å²) in [6.45, 7) is 0. The number of pyridine rings is 2. The summed E-state index contributed by atoms with van der Waals surface area (Å²) >= 11 is 0. The zero-order valence-corrected chi connectivity index (χ0v) is 20.8. The van der Waals surface area contributed by atoms with E-state index >= 15 is 0 Å². The smallest absolute Gasteiger partial charge is 0.0712 e. The van der Waals surface area contributed by atoms with Gasteiger partial charge in [0.25, 0.3) is 0 Å². The van der Waals surface area contributed by atoms with Crippen LogP contribution < -0.4 is 0 Å². The van der Waals surface area contributed by atoms with Crippen LogP contribution in [0, 0.1) is 0 Å². The zero-order valence-electron chi connectivity index (χ0n) is 20.8. The second-order valence-corrected chi connectivity index (χ2v) is 9.87. The molecule has 178 valence electrons. The third-order valence-corrected chi connectivity index (χ3v) is 7.50. The number of nitrogens with zero attached hydrogens (tertiary/aromatic N) is 2. The van der Waals surface area contributed by atoms with Crippen LogP contribution in [0.1, 0.15) is 49.7 Å². The standard InChI is InChI=1S/C34H32N2/c1(3-5-15-25-27-17-7-11-21-31(27)35-32-22-12-8-18-28(25)32)2-4-6-16-26-29-19-9-13-23-33(29)36-34-24-14-10-20-30(26)34/h7-14,17-24H,1-6,15-16H2. The van der Waals surface area contributed by atoms with Gasteiger partial charge in [-0.15, -0.1) is 0 Å². The van der Waals surface area contributed by atoms with Gasteiger partial charge in [0.05, 0.1) is 22.1 Å². The van der Waals surface area contributed by atoms with Crippen molar-refractivity contribution in [3.63, 3.8) is 0 Å². The number of unbranched alkanes of at least 4 members (excludes halogenated alkanes) is 5. The van der Waals surface area contributed by atoms with E-state index < -0.39 is 0 Å². The fourth-order valence-corrected chi connectivity index (χ4v) is 5.70. The van der Waals surface area contributed by atoms with Gasteiger partial charge < -0.3 is 0 Å². The molecule has 0 aliphatic carbocycles. The molecule has 0 aliphatic heterocycles. The van der Waals surface area contributed by atoms with Gasteiger partial charge in [-0.05, 0) is 61.1 Å². The van der Waals surface area contributed by atoms with Crippen LogP contribution in [0.25, 0.3) is 43.6 Å². The molecule has 6 rings (SSSR count). The summed E-state index contributed by atoms with van der Waals surface area (Å²) in [4.78, 5) is 9.75. The Morgan fingerprint density at radius 3 is 0.944 bits per heavy atom. The van der Waals surface area contributed by atoms with E-state index in [1.165, 1.54) is 71.2 Å². The normalized spacial score (nSPS) is 11.7. The number of rotatable bonds is 9. The van der Waals surface area contributed by atoms with Crippen molar-refractivity contribution in [1.82, 2.24) is 9.97 Å². The number of hydrogen-bond acceptors (Lipinski definition) is 2. The molecule has 0 unspecified atom stereocenters. The number of aryl methyl sites for hydroxylation is 2. The molecule has 2 nitrogen and oxygen atoms in total. The molecule has 0 fully saturated rings. The fraction of sp³-hybridized carbons (Fsp3) is 0.235. The number of aromatic nitrogens is 2. The summed E-state index contributed by atoms with van der Waals surface area (Å²) in [5.41, 5.74) is 7.38. The van der Waals surface area contributed by atoms with E-state index in [4.69, 9.17) is 9.97 Å². The fourth-order valence-electron chi connectivity index (χ4n) is 5.70. The van der Waals surface area contributed by atoms with Crippen molar-refractivity contribution in [2.24, 2.45) is 0 Å². The van der Waals surface area contributed by atoms with Crippen LogP contribution in [-0.2, 0) is 12.8 Å². The maximum atomic E-state index is 4.88. The summed E-state index contributed by atoms with van der Waals surface area (Å²) in [5.74, 6) is 0. The maximum absolute atomic E-state index is 4.88. The summed E-state index contributed by atoms with van der Waals surface area (Å²) in [6, 6.07) is 34.4. The highest BCUT2D eigenvalue weighted by Crippen LogP contribution is 2.29. The lowest BCUT2D eigenvalue weighted by Crippen LogP contribution is -1.94. The minimum atomic E-state index is 1.11. The summed E-state index contributed by atoms with van der Waals surface area (Å²) in [6.07, 6.45) is 9.89. The van der Waals surface area contributed by atoms with Gasteiger partial charge in [0.15, 0.2) is 0 Å². The van der Waals surface area contributed by atoms with E-state index in [0.29, 0.717) is 0 Å². The highest BCUT2D eigenvalue weighted by Gasteiger charge is 2.10. The number of para-hydroxylation sites is 4. The van der Waals surface area contributed by atoms with Crippen molar-refractivity contribution in [1.29, 1.82) is 0 Å². The topological polar surface area (TPSA) is 25.8 Å². The van der Waals surface area contributed by atoms with Crippen LogP contribution in [0.5, 0.6) is 0 Å². The molecule has 6 aromatic rings. The molecular weight excluding hydrogens is 436 g/mol. The van der Waals surface area contributed by atoms with E-state index in [1.54, 1.807) is 0 Å². The molecule has 0 saturated carbocycles. The minimum Gasteiger partial charge on any atom is -0.248 e. The predicted molar refractivity (Wildman–Crippen MR) is 154 cm³/mol. The quantitative estimate of drug-likeness (QED) is 0.156. The first kappa shape index (κ1) is 22.7. The van der Waals surface area contributed by atoms with E-state index in [-0.39, 0.29) is 0 Å². The highest BCUT2D eigenvalue weighted by molar-refractivity contribution is 5.98. The van der Waals surface area contributed by atoms with Gasteiger partial charge in [0, 0.05) is 21.5 Å². The summed E-state index contributed by atoms with van der Waals surface area (Å²) in [7, 11) is 0. The van der Waals surface area contributed by atoms with Crippen LogP contribution >= 0.6 is 0 Å². The van der Waals surface area contributed by atoms with Gasteiger partial charge in [-0.2, -0.15) is 0 Å². The Labute approximate surface area is 213 Å². The molecule has 36 heavy (non-hydrogen) atoms. The van der Waals surface area contributed by atoms with Crippen LogP contribution in [0.15, 0.2) is 97.1 Å². The van der Waals surface area contributed by atoms with Crippen molar-refractivity contribution in [3.05, 3.63) is 108 Å². The molecule has 2 heteroatoms. The Bertz CT molecular complexity index is 1420. The van der Waals surface area contributed by atoms with Gasteiger partial charge in [-0.1, -0.05) is 98.5 Å². The Morgan fingerprint density at radius 2 is 0.611 bits per heavy atom. The molecule has 2 aromatic heterocycles. The third-order valence-electron chi connectivity index (χ3n) is 7.50.